The molecule has 29 heavy (non-hydrogen) atoms. The summed E-state index contributed by atoms with van der Waals surface area (Å²) >= 11 is 0. The second-order valence-electron chi connectivity index (χ2n) is 6.44. The molecular formula is C22H27N3O4. The van der Waals surface area contributed by atoms with Gasteiger partial charge in [-0.1, -0.05) is 12.1 Å². The summed E-state index contributed by atoms with van der Waals surface area (Å²) in [6, 6.07) is 13.1. The number of imidazole rings is 1. The number of nitrogens with zero attached hydrogens (tertiary/aromatic N) is 2. The summed E-state index contributed by atoms with van der Waals surface area (Å²) < 4.78 is 18.2. The van der Waals surface area contributed by atoms with Crippen molar-refractivity contribution < 1.29 is 19.0 Å². The standard InChI is InChI=1S/C22H27N3O4/c1-4-29-14-13-25-18-8-6-5-7-17(18)24-21(25)11-12-23-22(26)16-9-10-19(27-2)20(15-16)28-3/h5-10,15H,4,11-14H2,1-3H3,(H,23,26). The van der Waals surface area contributed by atoms with Crippen molar-refractivity contribution >= 4 is 16.9 Å². The minimum atomic E-state index is -0.164. The molecule has 7 heteroatoms. The van der Waals surface area contributed by atoms with Gasteiger partial charge in [-0.25, -0.2) is 4.98 Å². The third-order valence-electron chi connectivity index (χ3n) is 4.68. The number of aromatic nitrogens is 2. The summed E-state index contributed by atoms with van der Waals surface area (Å²) in [5.74, 6) is 1.88. The van der Waals surface area contributed by atoms with Crippen LogP contribution in [0.25, 0.3) is 11.0 Å². The van der Waals surface area contributed by atoms with Crippen LogP contribution in [0.5, 0.6) is 11.5 Å². The van der Waals surface area contributed by atoms with E-state index in [2.05, 4.69) is 16.0 Å². The zero-order chi connectivity index (χ0) is 20.6. The number of methoxy groups -OCH3 is 2. The number of carbonyl (C=O) groups excluding carboxylic acids is 1. The number of ether oxygens (including phenoxy) is 3. The zero-order valence-corrected chi connectivity index (χ0v) is 17.1. The molecule has 0 radical (unpaired) electrons. The summed E-state index contributed by atoms with van der Waals surface area (Å²) in [5.41, 5.74) is 2.55. The summed E-state index contributed by atoms with van der Waals surface area (Å²) in [5, 5.41) is 2.96. The first kappa shape index (κ1) is 20.7. The third-order valence-corrected chi connectivity index (χ3v) is 4.68. The molecular weight excluding hydrogens is 370 g/mol. The summed E-state index contributed by atoms with van der Waals surface area (Å²) in [6.45, 7) is 4.50. The van der Waals surface area contributed by atoms with Crippen molar-refractivity contribution in [2.24, 2.45) is 0 Å². The maximum absolute atomic E-state index is 12.5. The fourth-order valence-corrected chi connectivity index (χ4v) is 3.23. The van der Waals surface area contributed by atoms with Crippen LogP contribution in [-0.2, 0) is 17.7 Å². The van der Waals surface area contributed by atoms with Crippen molar-refractivity contribution in [3.8, 4) is 11.5 Å². The number of rotatable bonds is 10. The Morgan fingerprint density at radius 2 is 1.90 bits per heavy atom. The van der Waals surface area contributed by atoms with Crippen molar-refractivity contribution in [3.05, 3.63) is 53.9 Å². The molecule has 0 spiro atoms. The van der Waals surface area contributed by atoms with Gasteiger partial charge in [0.1, 0.15) is 5.82 Å². The highest BCUT2D eigenvalue weighted by Gasteiger charge is 2.13. The number of para-hydroxylation sites is 2. The molecule has 1 aromatic heterocycles. The molecule has 2 aromatic carbocycles. The predicted octanol–water partition coefficient (Wildman–Crippen LogP) is 3.06. The zero-order valence-electron chi connectivity index (χ0n) is 17.1. The molecule has 3 rings (SSSR count). The lowest BCUT2D eigenvalue weighted by Gasteiger charge is -2.11. The maximum atomic E-state index is 12.5. The molecule has 0 aliphatic heterocycles. The van der Waals surface area contributed by atoms with E-state index in [9.17, 15) is 4.79 Å². The number of benzene rings is 2. The Labute approximate surface area is 170 Å². The normalized spacial score (nSPS) is 10.9. The van der Waals surface area contributed by atoms with Gasteiger partial charge in [-0.15, -0.1) is 0 Å². The number of hydrogen-bond donors (Lipinski definition) is 1. The fourth-order valence-electron chi connectivity index (χ4n) is 3.23. The number of fused-ring (bicyclic) bond motifs is 1. The van der Waals surface area contributed by atoms with E-state index in [4.69, 9.17) is 19.2 Å². The smallest absolute Gasteiger partial charge is 0.251 e. The van der Waals surface area contributed by atoms with Gasteiger partial charge in [-0.2, -0.15) is 0 Å². The van der Waals surface area contributed by atoms with E-state index in [1.807, 2.05) is 25.1 Å². The van der Waals surface area contributed by atoms with Gasteiger partial charge < -0.3 is 24.1 Å². The molecule has 1 heterocycles. The first-order valence-electron chi connectivity index (χ1n) is 9.70. The maximum Gasteiger partial charge on any atom is 0.251 e. The van der Waals surface area contributed by atoms with Crippen molar-refractivity contribution in [2.45, 2.75) is 19.9 Å². The van der Waals surface area contributed by atoms with E-state index in [1.54, 1.807) is 32.4 Å². The molecule has 0 bridgehead atoms. The van der Waals surface area contributed by atoms with Crippen LogP contribution in [0.4, 0.5) is 0 Å². The second-order valence-corrected chi connectivity index (χ2v) is 6.44. The number of carbonyl (C=O) groups is 1. The molecule has 1 amide bonds. The van der Waals surface area contributed by atoms with Gasteiger partial charge in [0.15, 0.2) is 11.5 Å². The second kappa shape index (κ2) is 9.93. The molecule has 7 nitrogen and oxygen atoms in total. The topological polar surface area (TPSA) is 74.6 Å². The number of hydrogen-bond acceptors (Lipinski definition) is 5. The fraction of sp³-hybridized carbons (Fsp3) is 0.364. The minimum Gasteiger partial charge on any atom is -0.493 e. The minimum absolute atomic E-state index is 0.164. The van der Waals surface area contributed by atoms with Crippen LogP contribution < -0.4 is 14.8 Å². The van der Waals surface area contributed by atoms with Crippen LogP contribution in [-0.4, -0.2) is 49.4 Å². The van der Waals surface area contributed by atoms with E-state index < -0.39 is 0 Å². The van der Waals surface area contributed by atoms with E-state index in [0.29, 0.717) is 43.2 Å². The lowest BCUT2D eigenvalue weighted by atomic mass is 10.2. The van der Waals surface area contributed by atoms with Gasteiger partial charge in [-0.05, 0) is 37.3 Å². The van der Waals surface area contributed by atoms with E-state index in [0.717, 1.165) is 23.4 Å². The van der Waals surface area contributed by atoms with Crippen molar-refractivity contribution in [1.29, 1.82) is 0 Å². The van der Waals surface area contributed by atoms with Crippen LogP contribution in [0.2, 0.25) is 0 Å². The molecule has 0 aliphatic carbocycles. The van der Waals surface area contributed by atoms with Gasteiger partial charge in [0.05, 0.1) is 31.9 Å². The van der Waals surface area contributed by atoms with Gasteiger partial charge in [0, 0.05) is 31.7 Å². The van der Waals surface area contributed by atoms with E-state index in [-0.39, 0.29) is 5.91 Å². The molecule has 1 N–H and O–H groups in total. The Morgan fingerprint density at radius 3 is 2.66 bits per heavy atom. The Balaban J connectivity index is 1.67. The van der Waals surface area contributed by atoms with Crippen molar-refractivity contribution in [2.75, 3.05) is 34.0 Å². The first-order chi connectivity index (χ1) is 14.2. The Bertz CT molecular complexity index is 968. The van der Waals surface area contributed by atoms with Crippen LogP contribution in [0.15, 0.2) is 42.5 Å². The molecule has 0 saturated carbocycles. The Kier molecular flexibility index (Phi) is 7.08. The molecule has 3 aromatic rings. The summed E-state index contributed by atoms with van der Waals surface area (Å²) in [6.07, 6.45) is 0.625. The Morgan fingerprint density at radius 1 is 1.10 bits per heavy atom. The monoisotopic (exact) mass is 397 g/mol. The first-order valence-corrected chi connectivity index (χ1v) is 9.70. The highest BCUT2D eigenvalue weighted by Crippen LogP contribution is 2.27. The SMILES string of the molecule is CCOCCn1c(CCNC(=O)c2ccc(OC)c(OC)c2)nc2ccccc21. The van der Waals surface area contributed by atoms with Crippen molar-refractivity contribution in [1.82, 2.24) is 14.9 Å². The molecule has 0 fully saturated rings. The van der Waals surface area contributed by atoms with Crippen LogP contribution in [0.3, 0.4) is 0 Å². The van der Waals surface area contributed by atoms with Gasteiger partial charge in [0.25, 0.3) is 5.91 Å². The highest BCUT2D eigenvalue weighted by molar-refractivity contribution is 5.94. The average Bonchev–Trinajstić information content (AvgIpc) is 3.10. The largest absolute Gasteiger partial charge is 0.493 e. The van der Waals surface area contributed by atoms with Gasteiger partial charge in [-0.3, -0.25) is 4.79 Å². The molecule has 0 saturated heterocycles. The quantitative estimate of drug-likeness (QED) is 0.532. The summed E-state index contributed by atoms with van der Waals surface area (Å²) in [4.78, 5) is 17.2. The number of amides is 1. The van der Waals surface area contributed by atoms with Crippen LogP contribution in [0.1, 0.15) is 23.1 Å². The van der Waals surface area contributed by atoms with E-state index >= 15 is 0 Å². The average molecular weight is 397 g/mol. The molecule has 0 unspecified atom stereocenters. The molecule has 0 aliphatic rings. The highest BCUT2D eigenvalue weighted by atomic mass is 16.5. The van der Waals surface area contributed by atoms with E-state index in [1.165, 1.54) is 0 Å². The van der Waals surface area contributed by atoms with Crippen LogP contribution >= 0.6 is 0 Å². The van der Waals surface area contributed by atoms with Gasteiger partial charge in [0.2, 0.25) is 0 Å². The molecule has 0 atom stereocenters. The van der Waals surface area contributed by atoms with Gasteiger partial charge >= 0.3 is 0 Å². The van der Waals surface area contributed by atoms with Crippen LogP contribution in [0, 0.1) is 0 Å². The number of nitrogens with one attached hydrogen (secondary N) is 1. The Hall–Kier alpha value is -3.06. The summed E-state index contributed by atoms with van der Waals surface area (Å²) in [7, 11) is 3.11. The lowest BCUT2D eigenvalue weighted by Crippen LogP contribution is -2.26. The molecule has 154 valence electrons. The third kappa shape index (κ3) is 4.86. The predicted molar refractivity (Wildman–Crippen MR) is 112 cm³/mol. The lowest BCUT2D eigenvalue weighted by molar-refractivity contribution is 0.0953. The van der Waals surface area contributed by atoms with Crippen molar-refractivity contribution in [3.63, 3.8) is 0 Å².